The summed E-state index contributed by atoms with van der Waals surface area (Å²) in [6.07, 6.45) is -0.245. The average Bonchev–Trinajstić information content (AvgIpc) is 2.46. The first-order valence-electron chi connectivity index (χ1n) is 6.13. The van der Waals surface area contributed by atoms with Gasteiger partial charge in [-0.1, -0.05) is 35.3 Å². The summed E-state index contributed by atoms with van der Waals surface area (Å²) in [5.74, 6) is 0. The van der Waals surface area contributed by atoms with E-state index in [1.165, 1.54) is 0 Å². The number of thiocarbonyl (C=S) groups is 1. The van der Waals surface area contributed by atoms with E-state index in [1.54, 1.807) is 0 Å². The molecule has 21 heavy (non-hydrogen) atoms. The van der Waals surface area contributed by atoms with Crippen molar-refractivity contribution in [2.45, 2.75) is 6.17 Å². The van der Waals surface area contributed by atoms with E-state index in [1.807, 2.05) is 48.5 Å². The van der Waals surface area contributed by atoms with Crippen LogP contribution in [0.15, 0.2) is 48.5 Å². The Balaban J connectivity index is 2.16. The van der Waals surface area contributed by atoms with Gasteiger partial charge in [-0.2, -0.15) is 0 Å². The first kappa shape index (κ1) is 15.9. The lowest BCUT2D eigenvalue weighted by Gasteiger charge is -2.22. The molecule has 1 atom stereocenters. The van der Waals surface area contributed by atoms with E-state index >= 15 is 0 Å². The van der Waals surface area contributed by atoms with E-state index in [9.17, 15) is 0 Å². The molecule has 0 heterocycles. The van der Waals surface area contributed by atoms with Crippen LogP contribution < -0.4 is 21.9 Å². The maximum Gasteiger partial charge on any atom is 0.178 e. The van der Waals surface area contributed by atoms with Gasteiger partial charge in [-0.25, -0.2) is 5.43 Å². The molecule has 0 radical (unpaired) electrons. The van der Waals surface area contributed by atoms with E-state index in [4.69, 9.17) is 41.2 Å². The summed E-state index contributed by atoms with van der Waals surface area (Å²) in [5.41, 5.74) is 13.1. The van der Waals surface area contributed by atoms with Gasteiger partial charge in [0.25, 0.3) is 0 Å². The fourth-order valence-corrected chi connectivity index (χ4v) is 2.02. The van der Waals surface area contributed by atoms with Crippen molar-refractivity contribution in [3.8, 4) is 0 Å². The number of halogens is 2. The van der Waals surface area contributed by atoms with Crippen LogP contribution in [0.25, 0.3) is 0 Å². The van der Waals surface area contributed by atoms with Crippen LogP contribution in [0, 0.1) is 0 Å². The molecular weight excluding hydrogens is 327 g/mol. The minimum absolute atomic E-state index is 0.159. The minimum Gasteiger partial charge on any atom is -0.375 e. The molecule has 110 valence electrons. The molecule has 2 aromatic rings. The van der Waals surface area contributed by atoms with E-state index in [0.29, 0.717) is 10.0 Å². The molecule has 4 nitrogen and oxygen atoms in total. The zero-order valence-corrected chi connectivity index (χ0v) is 13.3. The standard InChI is InChI=1S/C14H14Cl2N4S/c15-10-3-1-9(2-4-10)13(19-20-14(17)21)18-12-7-5-11(16)6-8-12/h1-8,13,18-19H,(H3,17,20,21). The summed E-state index contributed by atoms with van der Waals surface area (Å²) in [7, 11) is 0. The van der Waals surface area contributed by atoms with Crippen molar-refractivity contribution in [1.82, 2.24) is 10.9 Å². The molecule has 5 N–H and O–H groups in total. The highest BCUT2D eigenvalue weighted by Gasteiger charge is 2.11. The second-order valence-electron chi connectivity index (χ2n) is 4.27. The molecule has 0 amide bonds. The third-order valence-corrected chi connectivity index (χ3v) is 3.30. The lowest BCUT2D eigenvalue weighted by Crippen LogP contribution is -2.45. The lowest BCUT2D eigenvalue weighted by molar-refractivity contribution is 0.557. The first-order valence-corrected chi connectivity index (χ1v) is 7.29. The summed E-state index contributed by atoms with van der Waals surface area (Å²) < 4.78 is 0. The quantitative estimate of drug-likeness (QED) is 0.381. The van der Waals surface area contributed by atoms with Crippen molar-refractivity contribution in [3.05, 3.63) is 64.1 Å². The molecule has 0 saturated heterocycles. The van der Waals surface area contributed by atoms with Crippen molar-refractivity contribution in [1.29, 1.82) is 0 Å². The van der Waals surface area contributed by atoms with Crippen LogP contribution in [0.2, 0.25) is 10.0 Å². The number of hydrogen-bond acceptors (Lipinski definition) is 3. The molecule has 0 aromatic heterocycles. The monoisotopic (exact) mass is 340 g/mol. The average molecular weight is 341 g/mol. The highest BCUT2D eigenvalue weighted by Crippen LogP contribution is 2.20. The fourth-order valence-electron chi connectivity index (χ4n) is 1.71. The van der Waals surface area contributed by atoms with Crippen molar-refractivity contribution in [2.24, 2.45) is 5.73 Å². The topological polar surface area (TPSA) is 62.1 Å². The summed E-state index contributed by atoms with van der Waals surface area (Å²) in [5, 5.41) is 4.82. The van der Waals surface area contributed by atoms with Crippen molar-refractivity contribution in [3.63, 3.8) is 0 Å². The van der Waals surface area contributed by atoms with Crippen LogP contribution in [0.5, 0.6) is 0 Å². The van der Waals surface area contributed by atoms with Crippen LogP contribution in [0.3, 0.4) is 0 Å². The molecule has 0 aliphatic carbocycles. The molecule has 0 aliphatic rings. The smallest absolute Gasteiger partial charge is 0.178 e. The third kappa shape index (κ3) is 5.06. The zero-order valence-electron chi connectivity index (χ0n) is 10.9. The van der Waals surface area contributed by atoms with Gasteiger partial charge >= 0.3 is 0 Å². The summed E-state index contributed by atoms with van der Waals surface area (Å²) in [6.45, 7) is 0. The van der Waals surface area contributed by atoms with E-state index in [-0.39, 0.29) is 11.3 Å². The Bertz CT molecular complexity index is 601. The van der Waals surface area contributed by atoms with Crippen LogP contribution >= 0.6 is 35.4 Å². The van der Waals surface area contributed by atoms with Crippen LogP contribution in [-0.4, -0.2) is 5.11 Å². The third-order valence-electron chi connectivity index (χ3n) is 2.70. The Morgan fingerprint density at radius 2 is 1.48 bits per heavy atom. The van der Waals surface area contributed by atoms with Crippen LogP contribution in [0.4, 0.5) is 5.69 Å². The van der Waals surface area contributed by atoms with Gasteiger partial charge < -0.3 is 11.1 Å². The van der Waals surface area contributed by atoms with Crippen molar-refractivity contribution < 1.29 is 0 Å². The van der Waals surface area contributed by atoms with E-state index in [0.717, 1.165) is 11.3 Å². The SMILES string of the molecule is NC(=S)NNC(Nc1ccc(Cl)cc1)c1ccc(Cl)cc1. The molecule has 0 spiro atoms. The number of rotatable bonds is 5. The summed E-state index contributed by atoms with van der Waals surface area (Å²) >= 11 is 16.6. The highest BCUT2D eigenvalue weighted by molar-refractivity contribution is 7.80. The summed E-state index contributed by atoms with van der Waals surface area (Å²) in [6, 6.07) is 14.8. The predicted octanol–water partition coefficient (Wildman–Crippen LogP) is 3.44. The number of nitrogens with two attached hydrogens (primary N) is 1. The van der Waals surface area contributed by atoms with Gasteiger partial charge in [0.15, 0.2) is 5.11 Å². The van der Waals surface area contributed by atoms with Gasteiger partial charge in [0.05, 0.1) is 0 Å². The van der Waals surface area contributed by atoms with Gasteiger partial charge in [0.1, 0.15) is 6.17 Å². The first-order chi connectivity index (χ1) is 10.0. The molecular formula is C14H14Cl2N4S. The minimum atomic E-state index is -0.245. The maximum absolute atomic E-state index is 5.91. The summed E-state index contributed by atoms with van der Waals surface area (Å²) in [4.78, 5) is 0. The van der Waals surface area contributed by atoms with Crippen molar-refractivity contribution in [2.75, 3.05) is 5.32 Å². The fraction of sp³-hybridized carbons (Fsp3) is 0.0714. The Kier molecular flexibility index (Phi) is 5.64. The Morgan fingerprint density at radius 1 is 0.952 bits per heavy atom. The molecule has 0 aliphatic heterocycles. The number of anilines is 1. The largest absolute Gasteiger partial charge is 0.375 e. The lowest BCUT2D eigenvalue weighted by atomic mass is 10.1. The molecule has 2 rings (SSSR count). The van der Waals surface area contributed by atoms with Crippen LogP contribution in [-0.2, 0) is 0 Å². The van der Waals surface area contributed by atoms with Crippen LogP contribution in [0.1, 0.15) is 11.7 Å². The van der Waals surface area contributed by atoms with Gasteiger partial charge in [0, 0.05) is 15.7 Å². The molecule has 2 aromatic carbocycles. The number of hydrogen-bond donors (Lipinski definition) is 4. The molecule has 0 saturated carbocycles. The predicted molar refractivity (Wildman–Crippen MR) is 92.3 cm³/mol. The Hall–Kier alpha value is -1.53. The highest BCUT2D eigenvalue weighted by atomic mass is 35.5. The number of hydrazine groups is 1. The molecule has 1 unspecified atom stereocenters. The second kappa shape index (κ2) is 7.47. The van der Waals surface area contributed by atoms with Crippen molar-refractivity contribution >= 4 is 46.2 Å². The van der Waals surface area contributed by atoms with Gasteiger partial charge in [-0.3, -0.25) is 5.43 Å². The maximum atomic E-state index is 5.91. The Morgan fingerprint density at radius 3 is 2.00 bits per heavy atom. The Labute approximate surface area is 138 Å². The number of benzene rings is 2. The van der Waals surface area contributed by atoms with Gasteiger partial charge in [-0.05, 0) is 54.2 Å². The van der Waals surface area contributed by atoms with E-state index in [2.05, 4.69) is 16.2 Å². The number of nitrogens with one attached hydrogen (secondary N) is 3. The van der Waals surface area contributed by atoms with Gasteiger partial charge in [-0.15, -0.1) is 0 Å². The van der Waals surface area contributed by atoms with E-state index < -0.39 is 0 Å². The molecule has 7 heteroatoms. The zero-order chi connectivity index (χ0) is 15.2. The van der Waals surface area contributed by atoms with Gasteiger partial charge in [0.2, 0.25) is 0 Å². The second-order valence-corrected chi connectivity index (χ2v) is 5.58. The molecule has 0 fully saturated rings. The molecule has 0 bridgehead atoms. The normalized spacial score (nSPS) is 11.7.